The Bertz CT molecular complexity index is 420. The number of amides is 1. The molecule has 20 heavy (non-hydrogen) atoms. The Labute approximate surface area is 124 Å². The summed E-state index contributed by atoms with van der Waals surface area (Å²) in [6.45, 7) is 0.210. The van der Waals surface area contributed by atoms with Gasteiger partial charge in [-0.15, -0.1) is 0 Å². The second-order valence-corrected chi connectivity index (χ2v) is 10.4. The van der Waals surface area contributed by atoms with E-state index in [9.17, 15) is 20.1 Å². The van der Waals surface area contributed by atoms with Crippen molar-refractivity contribution in [3.63, 3.8) is 0 Å². The van der Waals surface area contributed by atoms with Crippen LogP contribution in [0.15, 0.2) is 0 Å². The van der Waals surface area contributed by atoms with Crippen LogP contribution in [0.3, 0.4) is 0 Å². The van der Waals surface area contributed by atoms with E-state index in [1.165, 1.54) is 19.3 Å². The Hall–Kier alpha value is -0.111. The van der Waals surface area contributed by atoms with Crippen LogP contribution in [-0.4, -0.2) is 36.6 Å². The van der Waals surface area contributed by atoms with E-state index >= 15 is 0 Å². The van der Waals surface area contributed by atoms with E-state index in [0.29, 0.717) is 17.8 Å². The number of halogens is 2. The van der Waals surface area contributed by atoms with E-state index in [1.807, 2.05) is 0 Å². The number of hydrogen-bond acceptors (Lipinski definition) is 3. The number of carbonyl (C=O) groups excluding carboxylic acids is 1. The monoisotopic (exact) mass is 394 g/mol. The molecule has 4 aliphatic rings. The summed E-state index contributed by atoms with van der Waals surface area (Å²) in [5.74, 6) is 0.392. The number of hydrogen-bond donors (Lipinski definition) is 1. The summed E-state index contributed by atoms with van der Waals surface area (Å²) in [5.41, 5.74) is -0.0597. The van der Waals surface area contributed by atoms with Crippen molar-refractivity contribution in [3.05, 3.63) is 0 Å². The number of nitrogens with one attached hydrogen (secondary N) is 1. The van der Waals surface area contributed by atoms with Gasteiger partial charge in [0.2, 0.25) is 0 Å². The molecule has 0 radical (unpaired) electrons. The molecule has 0 aromatic carbocycles. The predicted octanol–water partition coefficient (Wildman–Crippen LogP) is 0.772. The third-order valence-corrected chi connectivity index (χ3v) is 7.44. The summed E-state index contributed by atoms with van der Waals surface area (Å²) in [6.07, 6.45) is 6.69. The van der Waals surface area contributed by atoms with E-state index in [-0.39, 0.29) is 12.0 Å². The van der Waals surface area contributed by atoms with Crippen LogP contribution >= 0.6 is 0 Å². The topological polar surface area (TPSA) is 69.2 Å². The van der Waals surface area contributed by atoms with Gasteiger partial charge in [0.15, 0.2) is 0 Å². The van der Waals surface area contributed by atoms with Crippen molar-refractivity contribution in [3.8, 4) is 0 Å². The fourth-order valence-electron chi connectivity index (χ4n) is 4.98. The van der Waals surface area contributed by atoms with Crippen LogP contribution in [0.25, 0.3) is 0 Å². The molecule has 4 nitrogen and oxygen atoms in total. The molecule has 0 atom stereocenters. The number of rotatable bonds is 4. The van der Waals surface area contributed by atoms with Gasteiger partial charge < -0.3 is 0 Å². The molecule has 4 aliphatic carbocycles. The normalized spacial score (nSPS) is 38.9. The molecule has 0 heterocycles. The molecule has 4 rings (SSSR count). The third-order valence-electron chi connectivity index (χ3n) is 5.33. The van der Waals surface area contributed by atoms with E-state index in [0.717, 1.165) is 19.3 Å². The SMILES string of the molecule is O=C(NCC12CC3CC(CC(C3)C1)C2)[C](F)(F)[Sn](=[O])[O-]. The first kappa shape index (κ1) is 14.8. The van der Waals surface area contributed by atoms with Crippen molar-refractivity contribution in [2.45, 2.75) is 42.5 Å². The first-order chi connectivity index (χ1) is 9.31. The molecule has 0 aromatic heterocycles. The summed E-state index contributed by atoms with van der Waals surface area (Å²) in [5, 5.41) is 2.22. The summed E-state index contributed by atoms with van der Waals surface area (Å²) in [4.78, 5) is 11.4. The minimum atomic E-state index is -5.35. The molecular formula is C13H18F2NO3Sn-. The molecule has 4 saturated carbocycles. The fraction of sp³-hybridized carbons (Fsp3) is 0.923. The minimum absolute atomic E-state index is 0.0597. The van der Waals surface area contributed by atoms with Crippen molar-refractivity contribution < 1.29 is 20.1 Å². The summed E-state index contributed by atoms with van der Waals surface area (Å²) >= 11 is -5.35. The molecule has 0 aromatic rings. The van der Waals surface area contributed by atoms with Crippen molar-refractivity contribution >= 4 is 26.1 Å². The second kappa shape index (κ2) is 4.97. The first-order valence-corrected chi connectivity index (χ1v) is 10.9. The van der Waals surface area contributed by atoms with Gasteiger partial charge in [0.25, 0.3) is 0 Å². The molecule has 0 aliphatic heterocycles. The molecule has 0 saturated heterocycles. The molecule has 0 spiro atoms. The van der Waals surface area contributed by atoms with Crippen LogP contribution in [0.4, 0.5) is 8.78 Å². The number of alkyl halides is 2. The maximum atomic E-state index is 13.1. The Morgan fingerprint density at radius 1 is 1.20 bits per heavy atom. The van der Waals surface area contributed by atoms with Gasteiger partial charge in [0.1, 0.15) is 0 Å². The molecule has 7 heteroatoms. The van der Waals surface area contributed by atoms with Gasteiger partial charge in [-0.2, -0.15) is 0 Å². The average Bonchev–Trinajstić information content (AvgIpc) is 2.34. The average molecular weight is 393 g/mol. The van der Waals surface area contributed by atoms with Crippen molar-refractivity contribution in [1.29, 1.82) is 0 Å². The Morgan fingerprint density at radius 2 is 1.65 bits per heavy atom. The first-order valence-electron chi connectivity index (χ1n) is 7.18. The Balaban J connectivity index is 1.64. The standard InChI is InChI=1S/C13H18F2NO.2O.Sn/c14-11(15)12(17)16-7-13-4-8-1-9(5-13)3-10(2-8)6-13;;;/h8-10H,1-7H2,(H,16,17);;;/q;;-1;. The Kier molecular flexibility index (Phi) is 3.68. The molecule has 4 bridgehead atoms. The maximum absolute atomic E-state index is 13.1. The third kappa shape index (κ3) is 2.53. The van der Waals surface area contributed by atoms with Crippen LogP contribution in [0.2, 0.25) is 0 Å². The van der Waals surface area contributed by atoms with Gasteiger partial charge in [-0.1, -0.05) is 0 Å². The van der Waals surface area contributed by atoms with Crippen molar-refractivity contribution in [2.24, 2.45) is 23.2 Å². The molecule has 0 unspecified atom stereocenters. The molecule has 1 N–H and O–H groups in total. The van der Waals surface area contributed by atoms with E-state index in [4.69, 9.17) is 0 Å². The van der Waals surface area contributed by atoms with Gasteiger partial charge in [0.05, 0.1) is 0 Å². The van der Waals surface area contributed by atoms with Crippen LogP contribution in [0, 0.1) is 23.2 Å². The van der Waals surface area contributed by atoms with Crippen LogP contribution in [0.5, 0.6) is 0 Å². The van der Waals surface area contributed by atoms with Gasteiger partial charge >= 0.3 is 124 Å². The van der Waals surface area contributed by atoms with E-state index in [2.05, 4.69) is 5.32 Å². The van der Waals surface area contributed by atoms with Gasteiger partial charge in [-0.3, -0.25) is 0 Å². The van der Waals surface area contributed by atoms with Crippen LogP contribution < -0.4 is 8.76 Å². The molecule has 4 fully saturated rings. The van der Waals surface area contributed by atoms with E-state index < -0.39 is 30.0 Å². The van der Waals surface area contributed by atoms with Crippen LogP contribution in [-0.2, 0) is 7.87 Å². The van der Waals surface area contributed by atoms with E-state index in [1.54, 1.807) is 0 Å². The van der Waals surface area contributed by atoms with Gasteiger partial charge in [-0.25, -0.2) is 0 Å². The second-order valence-electron chi connectivity index (χ2n) is 6.96. The zero-order chi connectivity index (χ0) is 14.5. The zero-order valence-corrected chi connectivity index (χ0v) is 14.0. The van der Waals surface area contributed by atoms with Crippen molar-refractivity contribution in [2.75, 3.05) is 6.54 Å². The van der Waals surface area contributed by atoms with Gasteiger partial charge in [-0.05, 0) is 0 Å². The molecule has 1 amide bonds. The Morgan fingerprint density at radius 3 is 2.05 bits per heavy atom. The molecule has 112 valence electrons. The summed E-state index contributed by atoms with van der Waals surface area (Å²) in [7, 11) is 0. The summed E-state index contributed by atoms with van der Waals surface area (Å²) < 4.78 is 43.2. The summed E-state index contributed by atoms with van der Waals surface area (Å²) in [6, 6.07) is 0. The van der Waals surface area contributed by atoms with Crippen LogP contribution in [0.1, 0.15) is 38.5 Å². The number of carbonyl (C=O) groups is 1. The van der Waals surface area contributed by atoms with Crippen molar-refractivity contribution in [1.82, 2.24) is 5.32 Å². The predicted molar refractivity (Wildman–Crippen MR) is 65.0 cm³/mol. The molecular weight excluding hydrogens is 375 g/mol. The zero-order valence-electron chi connectivity index (χ0n) is 11.2. The fourth-order valence-corrected chi connectivity index (χ4v) is 5.76. The quantitative estimate of drug-likeness (QED) is 0.718. The van der Waals surface area contributed by atoms with Gasteiger partial charge in [0, 0.05) is 0 Å².